The molecule has 0 bridgehead atoms. The summed E-state index contributed by atoms with van der Waals surface area (Å²) in [6, 6.07) is 12.2. The van der Waals surface area contributed by atoms with Crippen LogP contribution in [0.3, 0.4) is 0 Å². The topological polar surface area (TPSA) is 51.2 Å². The fraction of sp³-hybridized carbons (Fsp3) is 0.158. The summed E-state index contributed by atoms with van der Waals surface area (Å²) in [6.45, 7) is 2.05. The quantitative estimate of drug-likeness (QED) is 0.582. The first-order chi connectivity index (χ1) is 12.5. The van der Waals surface area contributed by atoms with Crippen LogP contribution in [0.2, 0.25) is 5.02 Å². The van der Waals surface area contributed by atoms with Crippen molar-refractivity contribution in [3.63, 3.8) is 0 Å². The number of nitrogens with zero attached hydrogens (tertiary/aromatic N) is 1. The number of hydrogen-bond acceptors (Lipinski definition) is 5. The number of aryl methyl sites for hydroxylation is 1. The maximum atomic E-state index is 13.7. The molecule has 3 aromatic rings. The van der Waals surface area contributed by atoms with Gasteiger partial charge in [-0.25, -0.2) is 9.37 Å². The molecule has 26 heavy (non-hydrogen) atoms. The number of anilines is 2. The molecular weight excluding hydrogens is 375 g/mol. The summed E-state index contributed by atoms with van der Waals surface area (Å²) in [5.41, 5.74) is 2.87. The van der Waals surface area contributed by atoms with Crippen LogP contribution < -0.4 is 5.32 Å². The van der Waals surface area contributed by atoms with E-state index in [-0.39, 0.29) is 23.6 Å². The van der Waals surface area contributed by atoms with Crippen molar-refractivity contribution in [2.24, 2.45) is 0 Å². The van der Waals surface area contributed by atoms with E-state index in [1.165, 1.54) is 35.1 Å². The molecule has 3 rings (SSSR count). The van der Waals surface area contributed by atoms with Gasteiger partial charge in [0, 0.05) is 21.7 Å². The van der Waals surface area contributed by atoms with Crippen molar-refractivity contribution in [2.75, 3.05) is 5.32 Å². The fourth-order valence-corrected chi connectivity index (χ4v) is 3.19. The Morgan fingerprint density at radius 1 is 1.27 bits per heavy atom. The number of aromatic nitrogens is 1. The van der Waals surface area contributed by atoms with Crippen LogP contribution >= 0.6 is 22.9 Å². The van der Waals surface area contributed by atoms with Crippen LogP contribution in [0.25, 0.3) is 0 Å². The van der Waals surface area contributed by atoms with Crippen LogP contribution in [-0.4, -0.2) is 11.0 Å². The Labute approximate surface area is 159 Å². The molecule has 1 aromatic heterocycles. The average Bonchev–Trinajstić information content (AvgIpc) is 3.06. The number of esters is 1. The van der Waals surface area contributed by atoms with Crippen LogP contribution in [-0.2, 0) is 22.6 Å². The van der Waals surface area contributed by atoms with Crippen molar-refractivity contribution in [2.45, 2.75) is 20.0 Å². The van der Waals surface area contributed by atoms with Gasteiger partial charge in [-0.05, 0) is 31.2 Å². The summed E-state index contributed by atoms with van der Waals surface area (Å²) in [5.74, 6) is -1.08. The number of thiazole rings is 1. The number of carbonyl (C=O) groups excluding carboxylic acids is 1. The molecule has 0 atom stereocenters. The summed E-state index contributed by atoms with van der Waals surface area (Å²) < 4.78 is 18.9. The molecule has 0 spiro atoms. The van der Waals surface area contributed by atoms with E-state index < -0.39 is 11.8 Å². The molecule has 0 saturated heterocycles. The molecule has 7 heteroatoms. The molecule has 0 aliphatic rings. The molecule has 1 N–H and O–H groups in total. The van der Waals surface area contributed by atoms with Crippen molar-refractivity contribution >= 4 is 39.7 Å². The standard InChI is InChI=1S/C19H16ClFN2O2S/c1-12-5-7-13(8-6-12)22-19-23-14(11-26-19)10-25-18(24)9-15-16(20)3-2-4-17(15)21/h2-8,11H,9-10H2,1H3,(H,22,23). The van der Waals surface area contributed by atoms with Gasteiger partial charge in [0.1, 0.15) is 12.4 Å². The van der Waals surface area contributed by atoms with E-state index in [4.69, 9.17) is 16.3 Å². The molecular formula is C19H16ClFN2O2S. The van der Waals surface area contributed by atoms with Gasteiger partial charge >= 0.3 is 5.97 Å². The SMILES string of the molecule is Cc1ccc(Nc2nc(COC(=O)Cc3c(F)cccc3Cl)cs2)cc1. The second-order valence-corrected chi connectivity index (χ2v) is 6.94. The van der Waals surface area contributed by atoms with Gasteiger partial charge in [-0.2, -0.15) is 0 Å². The lowest BCUT2D eigenvalue weighted by molar-refractivity contribution is -0.144. The van der Waals surface area contributed by atoms with E-state index >= 15 is 0 Å². The smallest absolute Gasteiger partial charge is 0.310 e. The van der Waals surface area contributed by atoms with Crippen LogP contribution in [0.15, 0.2) is 47.8 Å². The van der Waals surface area contributed by atoms with Gasteiger partial charge in [0.25, 0.3) is 0 Å². The Morgan fingerprint density at radius 2 is 2.04 bits per heavy atom. The van der Waals surface area contributed by atoms with Gasteiger partial charge in [0.15, 0.2) is 5.13 Å². The molecule has 0 fully saturated rings. The number of carbonyl (C=O) groups is 1. The zero-order valence-corrected chi connectivity index (χ0v) is 15.5. The highest BCUT2D eigenvalue weighted by molar-refractivity contribution is 7.13. The summed E-state index contributed by atoms with van der Waals surface area (Å²) >= 11 is 7.33. The predicted octanol–water partition coefficient (Wildman–Crippen LogP) is 5.27. The van der Waals surface area contributed by atoms with Crippen molar-refractivity contribution < 1.29 is 13.9 Å². The second-order valence-electron chi connectivity index (χ2n) is 5.67. The Kier molecular flexibility index (Phi) is 5.85. The molecule has 0 aliphatic carbocycles. The highest BCUT2D eigenvalue weighted by atomic mass is 35.5. The maximum Gasteiger partial charge on any atom is 0.310 e. The average molecular weight is 391 g/mol. The van der Waals surface area contributed by atoms with Gasteiger partial charge in [-0.15, -0.1) is 11.3 Å². The summed E-state index contributed by atoms with van der Waals surface area (Å²) in [5, 5.41) is 5.91. The van der Waals surface area contributed by atoms with Crippen molar-refractivity contribution in [1.29, 1.82) is 0 Å². The molecule has 0 saturated carbocycles. The van der Waals surface area contributed by atoms with Gasteiger partial charge < -0.3 is 10.1 Å². The monoisotopic (exact) mass is 390 g/mol. The molecule has 0 aliphatic heterocycles. The number of halogens is 2. The van der Waals surface area contributed by atoms with Crippen molar-refractivity contribution in [3.8, 4) is 0 Å². The minimum absolute atomic E-state index is 0.0248. The molecule has 134 valence electrons. The number of hydrogen-bond donors (Lipinski definition) is 1. The number of ether oxygens (including phenoxy) is 1. The van der Waals surface area contributed by atoms with E-state index in [1.54, 1.807) is 5.38 Å². The summed E-state index contributed by atoms with van der Waals surface area (Å²) in [7, 11) is 0. The zero-order chi connectivity index (χ0) is 18.5. The van der Waals surface area contributed by atoms with Gasteiger partial charge in [0.2, 0.25) is 0 Å². The minimum Gasteiger partial charge on any atom is -0.459 e. The Morgan fingerprint density at radius 3 is 2.77 bits per heavy atom. The molecule has 1 heterocycles. The molecule has 0 radical (unpaired) electrons. The third kappa shape index (κ3) is 4.80. The largest absolute Gasteiger partial charge is 0.459 e. The summed E-state index contributed by atoms with van der Waals surface area (Å²) in [6.07, 6.45) is -0.218. The summed E-state index contributed by atoms with van der Waals surface area (Å²) in [4.78, 5) is 16.3. The fourth-order valence-electron chi connectivity index (χ4n) is 2.24. The normalized spacial score (nSPS) is 10.6. The van der Waals surface area contributed by atoms with E-state index in [2.05, 4.69) is 10.3 Å². The first kappa shape index (κ1) is 18.4. The number of benzene rings is 2. The third-order valence-electron chi connectivity index (χ3n) is 3.62. The zero-order valence-electron chi connectivity index (χ0n) is 14.0. The van der Waals surface area contributed by atoms with Gasteiger partial charge in [0.05, 0.1) is 12.1 Å². The maximum absolute atomic E-state index is 13.7. The van der Waals surface area contributed by atoms with Crippen molar-refractivity contribution in [1.82, 2.24) is 4.98 Å². The number of rotatable bonds is 6. The first-order valence-electron chi connectivity index (χ1n) is 7.88. The van der Waals surface area contributed by atoms with E-state index in [0.29, 0.717) is 10.8 Å². The second kappa shape index (κ2) is 8.29. The van der Waals surface area contributed by atoms with Crippen LogP contribution in [0.5, 0.6) is 0 Å². The minimum atomic E-state index is -0.557. The Hall–Kier alpha value is -2.44. The molecule has 4 nitrogen and oxygen atoms in total. The van der Waals surface area contributed by atoms with E-state index in [1.807, 2.05) is 31.2 Å². The van der Waals surface area contributed by atoms with Crippen molar-refractivity contribution in [3.05, 3.63) is 75.5 Å². The van der Waals surface area contributed by atoms with Crippen LogP contribution in [0.4, 0.5) is 15.2 Å². The van der Waals surface area contributed by atoms with Gasteiger partial charge in [-0.1, -0.05) is 35.4 Å². The Balaban J connectivity index is 1.54. The lowest BCUT2D eigenvalue weighted by Gasteiger charge is -2.06. The van der Waals surface area contributed by atoms with Crippen LogP contribution in [0.1, 0.15) is 16.8 Å². The van der Waals surface area contributed by atoms with E-state index in [0.717, 1.165) is 5.69 Å². The lowest BCUT2D eigenvalue weighted by Crippen LogP contribution is -2.10. The molecule has 2 aromatic carbocycles. The van der Waals surface area contributed by atoms with E-state index in [9.17, 15) is 9.18 Å². The first-order valence-corrected chi connectivity index (χ1v) is 9.13. The Bertz CT molecular complexity index is 892. The molecule has 0 amide bonds. The third-order valence-corrected chi connectivity index (χ3v) is 4.78. The number of nitrogens with one attached hydrogen (secondary N) is 1. The lowest BCUT2D eigenvalue weighted by atomic mass is 10.1. The van der Waals surface area contributed by atoms with Crippen LogP contribution in [0, 0.1) is 12.7 Å². The molecule has 0 unspecified atom stereocenters. The predicted molar refractivity (Wildman–Crippen MR) is 101 cm³/mol. The highest BCUT2D eigenvalue weighted by Gasteiger charge is 2.13. The van der Waals surface area contributed by atoms with Gasteiger partial charge in [-0.3, -0.25) is 4.79 Å². The highest BCUT2D eigenvalue weighted by Crippen LogP contribution is 2.22.